The Morgan fingerprint density at radius 3 is 2.58 bits per heavy atom. The van der Waals surface area contributed by atoms with Crippen LogP contribution in [0.4, 0.5) is 0 Å². The maximum absolute atomic E-state index is 12.8. The molecule has 1 aliphatic rings. The van der Waals surface area contributed by atoms with E-state index >= 15 is 0 Å². The Balaban J connectivity index is 1.61. The Hall–Kier alpha value is -3.16. The maximum Gasteiger partial charge on any atom is 0.258 e. The molecule has 4 rings (SSSR count). The lowest BCUT2D eigenvalue weighted by atomic mass is 10.2. The lowest BCUT2D eigenvalue weighted by Gasteiger charge is -2.14. The average Bonchev–Trinajstić information content (AvgIpc) is 3.33. The highest BCUT2D eigenvalue weighted by atomic mass is 35.5. The summed E-state index contributed by atoms with van der Waals surface area (Å²) in [6.07, 6.45) is 3.44. The van der Waals surface area contributed by atoms with Crippen molar-refractivity contribution >= 4 is 17.5 Å². The van der Waals surface area contributed by atoms with E-state index in [0.29, 0.717) is 23.1 Å². The number of carbonyl (C=O) groups is 1. The topological polar surface area (TPSA) is 82.6 Å². The van der Waals surface area contributed by atoms with E-state index in [4.69, 9.17) is 25.8 Å². The highest BCUT2D eigenvalue weighted by Crippen LogP contribution is 2.28. The predicted octanol–water partition coefficient (Wildman–Crippen LogP) is 4.51. The second-order valence-electron chi connectivity index (χ2n) is 7.04. The van der Waals surface area contributed by atoms with E-state index in [1.807, 2.05) is 24.3 Å². The van der Waals surface area contributed by atoms with Crippen LogP contribution in [0.25, 0.3) is 11.4 Å². The Labute approximate surface area is 185 Å². The van der Waals surface area contributed by atoms with Crippen LogP contribution in [0.3, 0.4) is 0 Å². The zero-order chi connectivity index (χ0) is 21.6. The lowest BCUT2D eigenvalue weighted by Crippen LogP contribution is -2.32. The second kappa shape index (κ2) is 9.76. The van der Waals surface area contributed by atoms with Crippen LogP contribution < -0.4 is 14.8 Å². The first-order valence-electron chi connectivity index (χ1n) is 9.97. The Morgan fingerprint density at radius 2 is 1.90 bits per heavy atom. The van der Waals surface area contributed by atoms with Crippen molar-refractivity contribution < 1.29 is 19.0 Å². The van der Waals surface area contributed by atoms with Crippen molar-refractivity contribution in [2.45, 2.75) is 18.9 Å². The van der Waals surface area contributed by atoms with E-state index in [9.17, 15) is 4.79 Å². The molecule has 1 aliphatic heterocycles. The lowest BCUT2D eigenvalue weighted by molar-refractivity contribution is 0.0855. The number of nitrogens with zero attached hydrogens (tertiary/aromatic N) is 2. The minimum atomic E-state index is -0.319. The maximum atomic E-state index is 12.8. The van der Waals surface area contributed by atoms with Crippen molar-refractivity contribution in [2.75, 3.05) is 20.3 Å². The van der Waals surface area contributed by atoms with Crippen molar-refractivity contribution in [3.05, 3.63) is 65.3 Å². The van der Waals surface area contributed by atoms with E-state index in [1.54, 1.807) is 31.4 Å². The van der Waals surface area contributed by atoms with Gasteiger partial charge >= 0.3 is 0 Å². The van der Waals surface area contributed by atoms with Crippen LogP contribution in [0.2, 0.25) is 5.02 Å². The summed E-state index contributed by atoms with van der Waals surface area (Å²) >= 11 is 5.96. The molecule has 7 nitrogen and oxygen atoms in total. The van der Waals surface area contributed by atoms with Crippen LogP contribution >= 0.6 is 11.6 Å². The highest BCUT2D eigenvalue weighted by molar-refractivity contribution is 6.30. The summed E-state index contributed by atoms with van der Waals surface area (Å²) in [7, 11) is 1.60. The predicted molar refractivity (Wildman–Crippen MR) is 117 cm³/mol. The van der Waals surface area contributed by atoms with Crippen LogP contribution in [0.1, 0.15) is 23.2 Å². The van der Waals surface area contributed by atoms with Gasteiger partial charge in [0.2, 0.25) is 5.88 Å². The molecule has 31 heavy (non-hydrogen) atoms. The third-order valence-electron chi connectivity index (χ3n) is 4.89. The summed E-state index contributed by atoms with van der Waals surface area (Å²) in [5, 5.41) is 3.48. The van der Waals surface area contributed by atoms with Crippen LogP contribution in [-0.4, -0.2) is 42.2 Å². The average molecular weight is 440 g/mol. The monoisotopic (exact) mass is 439 g/mol. The second-order valence-corrected chi connectivity index (χ2v) is 7.48. The Kier molecular flexibility index (Phi) is 6.64. The highest BCUT2D eigenvalue weighted by Gasteiger charge is 2.21. The van der Waals surface area contributed by atoms with Crippen molar-refractivity contribution in [3.8, 4) is 28.8 Å². The van der Waals surface area contributed by atoms with Crippen LogP contribution in [-0.2, 0) is 4.74 Å². The molecule has 1 N–H and O–H groups in total. The Morgan fingerprint density at radius 1 is 1.16 bits per heavy atom. The minimum Gasteiger partial charge on any atom is -0.497 e. The molecule has 0 spiro atoms. The molecule has 2 heterocycles. The van der Waals surface area contributed by atoms with Gasteiger partial charge in [0.15, 0.2) is 5.82 Å². The van der Waals surface area contributed by atoms with E-state index < -0.39 is 0 Å². The molecule has 160 valence electrons. The molecule has 1 atom stereocenters. The molecule has 1 aromatic heterocycles. The molecule has 3 aromatic rings. The number of rotatable bonds is 7. The smallest absolute Gasteiger partial charge is 0.258 e. The third-order valence-corrected chi connectivity index (χ3v) is 5.14. The first-order chi connectivity index (χ1) is 15.1. The molecule has 0 radical (unpaired) electrons. The van der Waals surface area contributed by atoms with E-state index in [1.165, 1.54) is 6.20 Å². The van der Waals surface area contributed by atoms with Gasteiger partial charge in [0, 0.05) is 29.9 Å². The molecule has 0 aliphatic carbocycles. The molecule has 0 saturated carbocycles. The number of nitrogens with one attached hydrogen (secondary N) is 1. The zero-order valence-corrected chi connectivity index (χ0v) is 17.8. The number of amides is 1. The first-order valence-corrected chi connectivity index (χ1v) is 10.3. The molecule has 1 saturated heterocycles. The molecular weight excluding hydrogens is 418 g/mol. The first kappa shape index (κ1) is 21.1. The minimum absolute atomic E-state index is 0.0316. The van der Waals surface area contributed by atoms with Gasteiger partial charge in [0.25, 0.3) is 5.91 Å². The van der Waals surface area contributed by atoms with Gasteiger partial charge in [-0.2, -0.15) is 4.98 Å². The number of hydrogen-bond acceptors (Lipinski definition) is 6. The van der Waals surface area contributed by atoms with E-state index in [0.717, 1.165) is 30.8 Å². The van der Waals surface area contributed by atoms with Crippen molar-refractivity contribution in [1.29, 1.82) is 0 Å². The van der Waals surface area contributed by atoms with Crippen molar-refractivity contribution in [1.82, 2.24) is 15.3 Å². The number of ether oxygens (including phenoxy) is 3. The fourth-order valence-electron chi connectivity index (χ4n) is 3.20. The number of halogens is 1. The quantitative estimate of drug-likeness (QED) is 0.583. The van der Waals surface area contributed by atoms with E-state index in [2.05, 4.69) is 15.3 Å². The normalized spacial score (nSPS) is 15.5. The zero-order valence-electron chi connectivity index (χ0n) is 17.0. The summed E-state index contributed by atoms with van der Waals surface area (Å²) in [6.45, 7) is 1.16. The summed E-state index contributed by atoms with van der Waals surface area (Å²) in [5.74, 6) is 1.51. The van der Waals surface area contributed by atoms with Gasteiger partial charge in [-0.25, -0.2) is 4.98 Å². The van der Waals surface area contributed by atoms with Gasteiger partial charge in [-0.15, -0.1) is 0 Å². The number of hydrogen-bond donors (Lipinski definition) is 1. The van der Waals surface area contributed by atoms with Crippen LogP contribution in [0.15, 0.2) is 54.7 Å². The standard InChI is InChI=1S/C23H22ClN3O4/c1-29-17-8-4-15(5-9-17)21-25-14-20(22(28)26-13-19-3-2-12-30-19)23(27-21)31-18-10-6-16(24)7-11-18/h4-11,14,19H,2-3,12-13H2,1H3,(H,26,28)/t19-/m1/s1. The molecule has 0 bridgehead atoms. The van der Waals surface area contributed by atoms with Gasteiger partial charge in [0.1, 0.15) is 17.1 Å². The number of methoxy groups -OCH3 is 1. The largest absolute Gasteiger partial charge is 0.497 e. The summed E-state index contributed by atoms with van der Waals surface area (Å²) < 4.78 is 16.7. The van der Waals surface area contributed by atoms with Gasteiger partial charge in [-0.05, 0) is 61.4 Å². The molecule has 1 fully saturated rings. The molecule has 8 heteroatoms. The summed E-state index contributed by atoms with van der Waals surface area (Å²) in [4.78, 5) is 21.7. The molecule has 0 unspecified atom stereocenters. The van der Waals surface area contributed by atoms with Crippen LogP contribution in [0.5, 0.6) is 17.4 Å². The third kappa shape index (κ3) is 5.31. The van der Waals surface area contributed by atoms with Gasteiger partial charge in [-0.3, -0.25) is 4.79 Å². The SMILES string of the molecule is COc1ccc(-c2ncc(C(=O)NC[C@H]3CCCO3)c(Oc3ccc(Cl)cc3)n2)cc1. The van der Waals surface area contributed by atoms with Gasteiger partial charge < -0.3 is 19.5 Å². The molecule has 2 aromatic carbocycles. The van der Waals surface area contributed by atoms with Crippen molar-refractivity contribution in [2.24, 2.45) is 0 Å². The number of aromatic nitrogens is 2. The van der Waals surface area contributed by atoms with Gasteiger partial charge in [0.05, 0.1) is 13.2 Å². The fourth-order valence-corrected chi connectivity index (χ4v) is 3.33. The number of benzene rings is 2. The summed E-state index contributed by atoms with van der Waals surface area (Å²) in [6, 6.07) is 14.2. The molecule has 1 amide bonds. The Bertz CT molecular complexity index is 1040. The number of carbonyl (C=O) groups excluding carboxylic acids is 1. The van der Waals surface area contributed by atoms with Gasteiger partial charge in [-0.1, -0.05) is 11.6 Å². The summed E-state index contributed by atoms with van der Waals surface area (Å²) in [5.41, 5.74) is 1.01. The van der Waals surface area contributed by atoms with Crippen molar-refractivity contribution in [3.63, 3.8) is 0 Å². The van der Waals surface area contributed by atoms with E-state index in [-0.39, 0.29) is 23.5 Å². The molecular formula is C23H22ClN3O4. The van der Waals surface area contributed by atoms with Crippen LogP contribution in [0, 0.1) is 0 Å². The fraction of sp³-hybridized carbons (Fsp3) is 0.261.